The lowest BCUT2D eigenvalue weighted by molar-refractivity contribution is -0.130. The van der Waals surface area contributed by atoms with Crippen molar-refractivity contribution in [2.45, 2.75) is 39.0 Å². The summed E-state index contributed by atoms with van der Waals surface area (Å²) in [7, 11) is 0. The van der Waals surface area contributed by atoms with E-state index < -0.39 is 5.41 Å². The smallest absolute Gasteiger partial charge is 0.232 e. The Kier molecular flexibility index (Phi) is 5.76. The van der Waals surface area contributed by atoms with E-state index in [1.807, 2.05) is 12.1 Å². The summed E-state index contributed by atoms with van der Waals surface area (Å²) in [5.74, 6) is 0.0228. The van der Waals surface area contributed by atoms with E-state index in [-0.39, 0.29) is 5.91 Å². The quantitative estimate of drug-likeness (QED) is 0.846. The van der Waals surface area contributed by atoms with Gasteiger partial charge in [-0.05, 0) is 43.4 Å². The third-order valence-corrected chi connectivity index (χ3v) is 4.35. The summed E-state index contributed by atoms with van der Waals surface area (Å²) in [5.41, 5.74) is 7.54. The van der Waals surface area contributed by atoms with E-state index in [1.165, 1.54) is 18.4 Å². The Labute approximate surface area is 127 Å². The zero-order chi connectivity index (χ0) is 15.1. The molecule has 0 bridgehead atoms. The molecule has 1 saturated heterocycles. The zero-order valence-corrected chi connectivity index (χ0v) is 12.9. The first-order valence-electron chi connectivity index (χ1n) is 7.88. The summed E-state index contributed by atoms with van der Waals surface area (Å²) >= 11 is 0. The number of rotatable bonds is 6. The average Bonchev–Trinajstić information content (AvgIpc) is 2.54. The molecule has 0 radical (unpaired) electrons. The van der Waals surface area contributed by atoms with Crippen LogP contribution < -0.4 is 11.1 Å². The van der Waals surface area contributed by atoms with Crippen LogP contribution in [0.5, 0.6) is 0 Å². The van der Waals surface area contributed by atoms with Crippen molar-refractivity contribution in [3.05, 3.63) is 29.8 Å². The van der Waals surface area contributed by atoms with E-state index in [2.05, 4.69) is 24.4 Å². The third-order valence-electron chi connectivity index (χ3n) is 4.35. The summed E-state index contributed by atoms with van der Waals surface area (Å²) in [6, 6.07) is 8.13. The molecule has 1 aliphatic rings. The molecule has 1 amide bonds. The van der Waals surface area contributed by atoms with E-state index in [1.54, 1.807) is 0 Å². The van der Waals surface area contributed by atoms with E-state index in [9.17, 15) is 4.79 Å². The molecule has 1 aromatic carbocycles. The number of hydrogen-bond acceptors (Lipinski definition) is 3. The third kappa shape index (κ3) is 4.05. The Morgan fingerprint density at radius 1 is 1.29 bits per heavy atom. The highest BCUT2D eigenvalue weighted by Gasteiger charge is 2.38. The number of hydrogen-bond donors (Lipinski definition) is 2. The summed E-state index contributed by atoms with van der Waals surface area (Å²) in [5, 5.41) is 3.01. The minimum Gasteiger partial charge on any atom is -0.381 e. The van der Waals surface area contributed by atoms with Gasteiger partial charge in [0.1, 0.15) is 0 Å². The predicted octanol–water partition coefficient (Wildman–Crippen LogP) is 2.72. The molecule has 0 unspecified atom stereocenters. The number of nitrogens with one attached hydrogen (secondary N) is 1. The Morgan fingerprint density at radius 3 is 2.52 bits per heavy atom. The van der Waals surface area contributed by atoms with Gasteiger partial charge in [0.2, 0.25) is 5.91 Å². The van der Waals surface area contributed by atoms with Crippen molar-refractivity contribution in [3.63, 3.8) is 0 Å². The van der Waals surface area contributed by atoms with Gasteiger partial charge in [-0.2, -0.15) is 0 Å². The van der Waals surface area contributed by atoms with Gasteiger partial charge in [0, 0.05) is 25.4 Å². The van der Waals surface area contributed by atoms with Gasteiger partial charge >= 0.3 is 0 Å². The molecular weight excluding hydrogens is 264 g/mol. The van der Waals surface area contributed by atoms with Crippen LogP contribution in [-0.2, 0) is 16.0 Å². The molecule has 4 nitrogen and oxygen atoms in total. The van der Waals surface area contributed by atoms with Gasteiger partial charge in [0.25, 0.3) is 0 Å². The number of amides is 1. The highest BCUT2D eigenvalue weighted by Crippen LogP contribution is 2.30. The molecule has 1 aromatic rings. The Morgan fingerprint density at radius 2 is 1.95 bits per heavy atom. The zero-order valence-electron chi connectivity index (χ0n) is 12.9. The molecule has 0 aliphatic carbocycles. The first-order chi connectivity index (χ1) is 10.2. The maximum Gasteiger partial charge on any atom is 0.232 e. The van der Waals surface area contributed by atoms with E-state index in [0.29, 0.717) is 32.6 Å². The lowest BCUT2D eigenvalue weighted by Gasteiger charge is -2.34. The topological polar surface area (TPSA) is 64.4 Å². The Bertz CT molecular complexity index is 450. The van der Waals surface area contributed by atoms with Crippen LogP contribution in [0.15, 0.2) is 24.3 Å². The number of ether oxygens (including phenoxy) is 1. The second-order valence-corrected chi connectivity index (χ2v) is 5.85. The second kappa shape index (κ2) is 7.57. The number of nitrogens with two attached hydrogens (primary N) is 1. The van der Waals surface area contributed by atoms with E-state index >= 15 is 0 Å². The molecule has 1 fully saturated rings. The standard InChI is InChI=1S/C17H26N2O2/c1-2-3-4-14-5-7-15(8-6-14)19-16(20)17(13-18)9-11-21-12-10-17/h5-8H,2-4,9-13,18H2,1H3,(H,19,20). The SMILES string of the molecule is CCCCc1ccc(NC(=O)C2(CN)CCOCC2)cc1. The van der Waals surface area contributed by atoms with Gasteiger partial charge in [-0.3, -0.25) is 4.79 Å². The van der Waals surface area contributed by atoms with Crippen LogP contribution in [0.4, 0.5) is 5.69 Å². The molecule has 0 atom stereocenters. The number of carbonyl (C=O) groups is 1. The molecule has 0 spiro atoms. The molecule has 116 valence electrons. The van der Waals surface area contributed by atoms with Crippen LogP contribution in [0.2, 0.25) is 0 Å². The number of aryl methyl sites for hydroxylation is 1. The predicted molar refractivity (Wildman–Crippen MR) is 85.2 cm³/mol. The first-order valence-corrected chi connectivity index (χ1v) is 7.88. The van der Waals surface area contributed by atoms with Crippen molar-refractivity contribution in [1.82, 2.24) is 0 Å². The average molecular weight is 290 g/mol. The van der Waals surface area contributed by atoms with Crippen molar-refractivity contribution in [3.8, 4) is 0 Å². The largest absolute Gasteiger partial charge is 0.381 e. The number of unbranched alkanes of at least 4 members (excludes halogenated alkanes) is 1. The van der Waals surface area contributed by atoms with Gasteiger partial charge in [-0.25, -0.2) is 0 Å². The monoisotopic (exact) mass is 290 g/mol. The maximum atomic E-state index is 12.5. The summed E-state index contributed by atoms with van der Waals surface area (Å²) in [4.78, 5) is 12.5. The molecule has 0 aromatic heterocycles. The van der Waals surface area contributed by atoms with Crippen molar-refractivity contribution in [1.29, 1.82) is 0 Å². The molecule has 21 heavy (non-hydrogen) atoms. The Hall–Kier alpha value is -1.39. The van der Waals surface area contributed by atoms with Gasteiger partial charge in [-0.1, -0.05) is 25.5 Å². The number of benzene rings is 1. The molecule has 1 heterocycles. The van der Waals surface area contributed by atoms with Crippen LogP contribution in [-0.4, -0.2) is 25.7 Å². The van der Waals surface area contributed by atoms with Crippen molar-refractivity contribution >= 4 is 11.6 Å². The van der Waals surface area contributed by atoms with Crippen LogP contribution >= 0.6 is 0 Å². The molecule has 0 saturated carbocycles. The van der Waals surface area contributed by atoms with E-state index in [0.717, 1.165) is 12.1 Å². The second-order valence-electron chi connectivity index (χ2n) is 5.85. The fraction of sp³-hybridized carbons (Fsp3) is 0.588. The van der Waals surface area contributed by atoms with Crippen molar-refractivity contribution < 1.29 is 9.53 Å². The highest BCUT2D eigenvalue weighted by atomic mass is 16.5. The molecule has 3 N–H and O–H groups in total. The number of carbonyl (C=O) groups excluding carboxylic acids is 1. The minimum atomic E-state index is -0.473. The molecular formula is C17H26N2O2. The molecule has 2 rings (SSSR count). The normalized spacial score (nSPS) is 17.4. The maximum absolute atomic E-state index is 12.5. The van der Waals surface area contributed by atoms with Crippen LogP contribution in [0, 0.1) is 5.41 Å². The lowest BCUT2D eigenvalue weighted by Crippen LogP contribution is -2.46. The summed E-state index contributed by atoms with van der Waals surface area (Å²) in [6.07, 6.45) is 4.88. The summed E-state index contributed by atoms with van der Waals surface area (Å²) in [6.45, 7) is 3.78. The lowest BCUT2D eigenvalue weighted by atomic mass is 9.79. The van der Waals surface area contributed by atoms with Gasteiger partial charge in [0.05, 0.1) is 5.41 Å². The molecule has 4 heteroatoms. The number of anilines is 1. The van der Waals surface area contributed by atoms with Gasteiger partial charge < -0.3 is 15.8 Å². The van der Waals surface area contributed by atoms with Crippen molar-refractivity contribution in [2.24, 2.45) is 11.1 Å². The van der Waals surface area contributed by atoms with Gasteiger partial charge in [0.15, 0.2) is 0 Å². The van der Waals surface area contributed by atoms with Gasteiger partial charge in [-0.15, -0.1) is 0 Å². The Balaban J connectivity index is 1.98. The fourth-order valence-corrected chi connectivity index (χ4v) is 2.69. The fourth-order valence-electron chi connectivity index (χ4n) is 2.69. The van der Waals surface area contributed by atoms with E-state index in [4.69, 9.17) is 10.5 Å². The first kappa shape index (κ1) is 16.0. The van der Waals surface area contributed by atoms with Crippen LogP contribution in [0.3, 0.4) is 0 Å². The van der Waals surface area contributed by atoms with Crippen LogP contribution in [0.1, 0.15) is 38.2 Å². The van der Waals surface area contributed by atoms with Crippen molar-refractivity contribution in [2.75, 3.05) is 25.1 Å². The highest BCUT2D eigenvalue weighted by molar-refractivity contribution is 5.95. The summed E-state index contributed by atoms with van der Waals surface area (Å²) < 4.78 is 5.34. The minimum absolute atomic E-state index is 0.0228. The van der Waals surface area contributed by atoms with Crippen LogP contribution in [0.25, 0.3) is 0 Å². The molecule has 1 aliphatic heterocycles.